The van der Waals surface area contributed by atoms with Gasteiger partial charge in [0, 0.05) is 0 Å². The summed E-state index contributed by atoms with van der Waals surface area (Å²) < 4.78 is 14.4. The van der Waals surface area contributed by atoms with Crippen molar-refractivity contribution in [1.29, 1.82) is 0 Å². The van der Waals surface area contributed by atoms with Crippen LogP contribution in [0.2, 0.25) is 5.15 Å². The van der Waals surface area contributed by atoms with E-state index >= 15 is 0 Å². The van der Waals surface area contributed by atoms with E-state index in [1.165, 1.54) is 17.4 Å². The number of para-hydroxylation sites is 1. The van der Waals surface area contributed by atoms with Crippen LogP contribution in [0.4, 0.5) is 15.3 Å². The van der Waals surface area contributed by atoms with Crippen molar-refractivity contribution in [1.82, 2.24) is 15.2 Å². The van der Waals surface area contributed by atoms with E-state index in [1.807, 2.05) is 19.9 Å². The zero-order valence-corrected chi connectivity index (χ0v) is 12.3. The first kappa shape index (κ1) is 13.2. The van der Waals surface area contributed by atoms with Crippen molar-refractivity contribution in [2.24, 2.45) is 0 Å². The molecule has 0 saturated heterocycles. The summed E-state index contributed by atoms with van der Waals surface area (Å²) in [5.74, 6) is 0.244. The fourth-order valence-electron chi connectivity index (χ4n) is 1.76. The molecule has 1 N–H and O–H groups in total. The number of aromatic nitrogens is 3. The predicted octanol–water partition coefficient (Wildman–Crippen LogP) is 4.24. The van der Waals surface area contributed by atoms with Crippen LogP contribution in [0.5, 0.6) is 0 Å². The molecule has 0 saturated carbocycles. The Hall–Kier alpha value is -1.79. The molecule has 3 rings (SSSR count). The van der Waals surface area contributed by atoms with Crippen molar-refractivity contribution < 1.29 is 4.39 Å². The van der Waals surface area contributed by atoms with Crippen LogP contribution in [0.3, 0.4) is 0 Å². The Kier molecular flexibility index (Phi) is 3.27. The maximum Gasteiger partial charge on any atom is 0.189 e. The van der Waals surface area contributed by atoms with Gasteiger partial charge in [-0.05, 0) is 37.1 Å². The lowest BCUT2D eigenvalue weighted by Gasteiger charge is -2.07. The van der Waals surface area contributed by atoms with E-state index in [4.69, 9.17) is 11.6 Å². The average molecular weight is 309 g/mol. The van der Waals surface area contributed by atoms with Crippen LogP contribution in [-0.4, -0.2) is 15.2 Å². The largest absolute Gasteiger partial charge is 0.314 e. The van der Waals surface area contributed by atoms with Gasteiger partial charge in [-0.1, -0.05) is 29.0 Å². The molecule has 0 bridgehead atoms. The summed E-state index contributed by atoms with van der Waals surface area (Å²) in [6.45, 7) is 3.77. The molecule has 102 valence electrons. The average Bonchev–Trinajstić information content (AvgIpc) is 2.84. The van der Waals surface area contributed by atoms with Gasteiger partial charge >= 0.3 is 0 Å². The van der Waals surface area contributed by atoms with Crippen molar-refractivity contribution >= 4 is 44.1 Å². The number of hydrogen-bond donors (Lipinski definition) is 1. The molecule has 2 aromatic heterocycles. The monoisotopic (exact) mass is 308 g/mol. The fraction of sp³-hybridized carbons (Fsp3) is 0.154. The molecule has 0 atom stereocenters. The Morgan fingerprint density at radius 3 is 2.75 bits per heavy atom. The zero-order chi connectivity index (χ0) is 14.3. The number of fused-ring (bicyclic) bond motifs is 1. The second kappa shape index (κ2) is 4.96. The highest BCUT2D eigenvalue weighted by Gasteiger charge is 2.12. The van der Waals surface area contributed by atoms with Gasteiger partial charge < -0.3 is 5.32 Å². The number of hydrogen-bond acceptors (Lipinski definition) is 5. The lowest BCUT2D eigenvalue weighted by Crippen LogP contribution is -2.01. The van der Waals surface area contributed by atoms with Gasteiger partial charge in [-0.25, -0.2) is 9.37 Å². The number of benzene rings is 1. The van der Waals surface area contributed by atoms with Crippen molar-refractivity contribution in [2.45, 2.75) is 13.8 Å². The van der Waals surface area contributed by atoms with Crippen molar-refractivity contribution in [3.8, 4) is 0 Å². The smallest absolute Gasteiger partial charge is 0.189 e. The second-order valence-electron chi connectivity index (χ2n) is 4.32. The summed E-state index contributed by atoms with van der Waals surface area (Å²) in [4.78, 5) is 4.23. The van der Waals surface area contributed by atoms with Gasteiger partial charge in [-0.3, -0.25) is 0 Å². The topological polar surface area (TPSA) is 50.7 Å². The van der Waals surface area contributed by atoms with Gasteiger partial charge in [0.25, 0.3) is 0 Å². The summed E-state index contributed by atoms with van der Waals surface area (Å²) in [6.07, 6.45) is 0. The Morgan fingerprint density at radius 2 is 2.00 bits per heavy atom. The lowest BCUT2D eigenvalue weighted by molar-refractivity contribution is 0.637. The molecule has 20 heavy (non-hydrogen) atoms. The molecule has 0 radical (unpaired) electrons. The molecule has 3 aromatic rings. The van der Waals surface area contributed by atoms with Gasteiger partial charge in [0.2, 0.25) is 0 Å². The quantitative estimate of drug-likeness (QED) is 0.769. The number of rotatable bonds is 2. The SMILES string of the molecule is Cc1c(Cl)nnc(Nc2nc3c(F)cccc3s2)c1C. The van der Waals surface area contributed by atoms with E-state index in [0.29, 0.717) is 21.6 Å². The van der Waals surface area contributed by atoms with E-state index < -0.39 is 0 Å². The minimum Gasteiger partial charge on any atom is -0.314 e. The predicted molar refractivity (Wildman–Crippen MR) is 79.4 cm³/mol. The third-order valence-corrected chi connectivity index (χ3v) is 4.36. The van der Waals surface area contributed by atoms with E-state index in [0.717, 1.165) is 15.8 Å². The molecule has 0 aliphatic rings. The molecule has 0 amide bonds. The third-order valence-electron chi connectivity index (χ3n) is 3.06. The van der Waals surface area contributed by atoms with Crippen molar-refractivity contribution in [3.63, 3.8) is 0 Å². The van der Waals surface area contributed by atoms with E-state index in [9.17, 15) is 4.39 Å². The van der Waals surface area contributed by atoms with Crippen LogP contribution >= 0.6 is 22.9 Å². The first-order valence-corrected chi connectivity index (χ1v) is 7.07. The Balaban J connectivity index is 2.01. The highest BCUT2D eigenvalue weighted by atomic mass is 35.5. The van der Waals surface area contributed by atoms with Crippen LogP contribution < -0.4 is 5.32 Å². The van der Waals surface area contributed by atoms with Gasteiger partial charge in [-0.2, -0.15) is 0 Å². The Bertz CT molecular complexity index is 802. The van der Waals surface area contributed by atoms with Gasteiger partial charge in [0.05, 0.1) is 4.70 Å². The molecule has 7 heteroatoms. The fourth-order valence-corrected chi connectivity index (χ4v) is 2.82. The lowest BCUT2D eigenvalue weighted by atomic mass is 10.2. The first-order valence-electron chi connectivity index (χ1n) is 5.87. The molecule has 0 aliphatic heterocycles. The summed E-state index contributed by atoms with van der Waals surface area (Å²) in [5, 5.41) is 11.9. The highest BCUT2D eigenvalue weighted by molar-refractivity contribution is 7.22. The van der Waals surface area contributed by atoms with E-state index in [-0.39, 0.29) is 5.82 Å². The molecular weight excluding hydrogens is 299 g/mol. The first-order chi connectivity index (χ1) is 9.56. The van der Waals surface area contributed by atoms with Gasteiger partial charge in [-0.15, -0.1) is 10.2 Å². The molecular formula is C13H10ClFN4S. The maximum absolute atomic E-state index is 13.6. The normalized spacial score (nSPS) is 11.0. The van der Waals surface area contributed by atoms with Crippen molar-refractivity contribution in [2.75, 3.05) is 5.32 Å². The summed E-state index contributed by atoms with van der Waals surface area (Å²) in [7, 11) is 0. The number of thiazole rings is 1. The van der Waals surface area contributed by atoms with Crippen LogP contribution in [0.15, 0.2) is 18.2 Å². The molecule has 0 aliphatic carbocycles. The molecule has 2 heterocycles. The van der Waals surface area contributed by atoms with Crippen LogP contribution in [-0.2, 0) is 0 Å². The minimum absolute atomic E-state index is 0.332. The highest BCUT2D eigenvalue weighted by Crippen LogP contribution is 2.30. The number of halogens is 2. The maximum atomic E-state index is 13.6. The Labute approximate surface area is 123 Å². The molecule has 0 unspecified atom stereocenters. The molecule has 0 fully saturated rings. The van der Waals surface area contributed by atoms with E-state index in [1.54, 1.807) is 6.07 Å². The number of anilines is 2. The van der Waals surface area contributed by atoms with E-state index in [2.05, 4.69) is 20.5 Å². The second-order valence-corrected chi connectivity index (χ2v) is 5.71. The van der Waals surface area contributed by atoms with Crippen molar-refractivity contribution in [3.05, 3.63) is 40.3 Å². The summed E-state index contributed by atoms with van der Waals surface area (Å²) in [5.41, 5.74) is 2.11. The Morgan fingerprint density at radius 1 is 1.20 bits per heavy atom. The number of nitrogens with one attached hydrogen (secondary N) is 1. The molecule has 1 aromatic carbocycles. The van der Waals surface area contributed by atoms with Crippen LogP contribution in [0.25, 0.3) is 10.2 Å². The number of nitrogens with zero attached hydrogens (tertiary/aromatic N) is 3. The van der Waals surface area contributed by atoms with Gasteiger partial charge in [0.1, 0.15) is 11.3 Å². The van der Waals surface area contributed by atoms with Gasteiger partial charge in [0.15, 0.2) is 16.1 Å². The summed E-state index contributed by atoms with van der Waals surface area (Å²) in [6, 6.07) is 4.88. The summed E-state index contributed by atoms with van der Waals surface area (Å²) >= 11 is 7.27. The van der Waals surface area contributed by atoms with Crippen LogP contribution in [0.1, 0.15) is 11.1 Å². The third kappa shape index (κ3) is 2.21. The zero-order valence-electron chi connectivity index (χ0n) is 10.7. The van der Waals surface area contributed by atoms with Crippen LogP contribution in [0, 0.1) is 19.7 Å². The minimum atomic E-state index is -0.332. The molecule has 4 nitrogen and oxygen atoms in total. The molecule has 0 spiro atoms. The standard InChI is InChI=1S/C13H10ClFN4S/c1-6-7(2)12(19-18-11(6)14)17-13-16-10-8(15)4-3-5-9(10)20-13/h3-5H,1-2H3,(H,16,17,19).